The molecule has 2 atom stereocenters. The highest BCUT2D eigenvalue weighted by atomic mass is 35.5. The lowest BCUT2D eigenvalue weighted by Gasteiger charge is -2.36. The Hall–Kier alpha value is -1.36. The molecule has 0 aromatic carbocycles. The van der Waals surface area contributed by atoms with Gasteiger partial charge >= 0.3 is 0 Å². The van der Waals surface area contributed by atoms with Gasteiger partial charge in [-0.3, -0.25) is 14.9 Å². The first-order valence-electron chi connectivity index (χ1n) is 7.24. The standard InChI is InChI=1S/C16H18N4.2ClH/c1-4-17-5-2-13(1)14-9-16(11-18-10-14)20-8-7-19-6-3-15(20)12-19;;/h1-2,4-5,9-11,15H,3,6-8,12H2;2*1H. The fourth-order valence-corrected chi connectivity index (χ4v) is 3.33. The van der Waals surface area contributed by atoms with E-state index in [4.69, 9.17) is 0 Å². The van der Waals surface area contributed by atoms with Gasteiger partial charge in [-0.05, 0) is 30.2 Å². The summed E-state index contributed by atoms with van der Waals surface area (Å²) in [6.45, 7) is 4.75. The van der Waals surface area contributed by atoms with E-state index in [1.54, 1.807) is 0 Å². The maximum absolute atomic E-state index is 4.44. The number of nitrogens with zero attached hydrogens (tertiary/aromatic N) is 4. The molecule has 0 saturated carbocycles. The molecule has 4 nitrogen and oxygen atoms in total. The quantitative estimate of drug-likeness (QED) is 0.842. The Bertz CT molecular complexity index is 608. The first-order valence-corrected chi connectivity index (χ1v) is 7.24. The van der Waals surface area contributed by atoms with Gasteiger partial charge in [0, 0.05) is 56.4 Å². The lowest BCUT2D eigenvalue weighted by Crippen LogP contribution is -2.46. The van der Waals surface area contributed by atoms with Crippen LogP contribution < -0.4 is 4.90 Å². The largest absolute Gasteiger partial charge is 0.365 e. The third kappa shape index (κ3) is 3.19. The van der Waals surface area contributed by atoms with Gasteiger partial charge in [-0.2, -0.15) is 0 Å². The molecule has 0 aliphatic carbocycles. The van der Waals surface area contributed by atoms with Crippen LogP contribution in [0.15, 0.2) is 43.0 Å². The van der Waals surface area contributed by atoms with E-state index < -0.39 is 0 Å². The fourth-order valence-electron chi connectivity index (χ4n) is 3.33. The number of pyridine rings is 2. The summed E-state index contributed by atoms with van der Waals surface area (Å²) in [5, 5.41) is 0. The Kier molecular flexibility index (Phi) is 5.62. The van der Waals surface area contributed by atoms with Crippen molar-refractivity contribution in [1.82, 2.24) is 14.9 Å². The molecule has 4 rings (SSSR count). The Morgan fingerprint density at radius 3 is 2.55 bits per heavy atom. The highest BCUT2D eigenvalue weighted by Crippen LogP contribution is 2.29. The average molecular weight is 339 g/mol. The molecule has 0 amide bonds. The molecule has 22 heavy (non-hydrogen) atoms. The molecular weight excluding hydrogens is 319 g/mol. The predicted molar refractivity (Wildman–Crippen MR) is 94.2 cm³/mol. The van der Waals surface area contributed by atoms with Crippen LogP contribution in [-0.2, 0) is 0 Å². The summed E-state index contributed by atoms with van der Waals surface area (Å²) in [6, 6.07) is 7.00. The van der Waals surface area contributed by atoms with E-state index in [0.29, 0.717) is 6.04 Å². The van der Waals surface area contributed by atoms with Crippen molar-refractivity contribution in [2.75, 3.05) is 31.1 Å². The molecule has 2 aromatic heterocycles. The highest BCUT2D eigenvalue weighted by molar-refractivity contribution is 5.85. The number of aromatic nitrogens is 2. The monoisotopic (exact) mass is 338 g/mol. The third-order valence-electron chi connectivity index (χ3n) is 4.41. The van der Waals surface area contributed by atoms with E-state index in [-0.39, 0.29) is 24.8 Å². The lowest BCUT2D eigenvalue weighted by molar-refractivity contribution is 0.310. The molecule has 0 N–H and O–H groups in total. The van der Waals surface area contributed by atoms with E-state index in [2.05, 4.69) is 25.8 Å². The third-order valence-corrected chi connectivity index (χ3v) is 4.41. The number of hydrogen-bond acceptors (Lipinski definition) is 4. The van der Waals surface area contributed by atoms with Crippen LogP contribution in [0.25, 0.3) is 11.1 Å². The summed E-state index contributed by atoms with van der Waals surface area (Å²) in [5.41, 5.74) is 3.61. The van der Waals surface area contributed by atoms with Crippen molar-refractivity contribution >= 4 is 30.5 Å². The molecule has 6 heteroatoms. The summed E-state index contributed by atoms with van der Waals surface area (Å²) in [5.74, 6) is 0. The van der Waals surface area contributed by atoms with Crippen molar-refractivity contribution < 1.29 is 0 Å². The lowest BCUT2D eigenvalue weighted by atomic mass is 10.1. The van der Waals surface area contributed by atoms with E-state index in [9.17, 15) is 0 Å². The van der Waals surface area contributed by atoms with Crippen LogP contribution in [0.3, 0.4) is 0 Å². The highest BCUT2D eigenvalue weighted by Gasteiger charge is 2.32. The van der Waals surface area contributed by atoms with Crippen molar-refractivity contribution in [1.29, 1.82) is 0 Å². The van der Waals surface area contributed by atoms with Gasteiger partial charge in [0.15, 0.2) is 0 Å². The second-order valence-corrected chi connectivity index (χ2v) is 5.60. The Labute approximate surface area is 143 Å². The number of anilines is 1. The van der Waals surface area contributed by atoms with Gasteiger partial charge in [0.25, 0.3) is 0 Å². The van der Waals surface area contributed by atoms with Crippen molar-refractivity contribution in [2.45, 2.75) is 12.5 Å². The van der Waals surface area contributed by atoms with Gasteiger partial charge in [0.05, 0.1) is 11.9 Å². The van der Waals surface area contributed by atoms with Crippen LogP contribution in [-0.4, -0.2) is 47.1 Å². The van der Waals surface area contributed by atoms with E-state index in [1.807, 2.05) is 36.9 Å². The summed E-state index contributed by atoms with van der Waals surface area (Å²) in [6.07, 6.45) is 8.87. The summed E-state index contributed by atoms with van der Waals surface area (Å²) in [4.78, 5) is 13.6. The van der Waals surface area contributed by atoms with Gasteiger partial charge in [0.2, 0.25) is 0 Å². The molecule has 0 radical (unpaired) electrons. The summed E-state index contributed by atoms with van der Waals surface area (Å²) >= 11 is 0. The minimum Gasteiger partial charge on any atom is -0.365 e. The number of hydrogen-bond donors (Lipinski definition) is 0. The maximum atomic E-state index is 4.44. The van der Waals surface area contributed by atoms with Crippen molar-refractivity contribution in [3.8, 4) is 11.1 Å². The number of halogens is 2. The van der Waals surface area contributed by atoms with E-state index in [0.717, 1.165) is 6.54 Å². The van der Waals surface area contributed by atoms with Gasteiger partial charge in [-0.15, -0.1) is 24.8 Å². The van der Waals surface area contributed by atoms with E-state index in [1.165, 1.54) is 42.9 Å². The van der Waals surface area contributed by atoms with Crippen molar-refractivity contribution in [2.24, 2.45) is 0 Å². The molecule has 0 spiro atoms. The van der Waals surface area contributed by atoms with Crippen LogP contribution in [0.5, 0.6) is 0 Å². The predicted octanol–water partition coefficient (Wildman–Crippen LogP) is 2.88. The topological polar surface area (TPSA) is 32.3 Å². The minimum atomic E-state index is 0. The van der Waals surface area contributed by atoms with Crippen LogP contribution in [0, 0.1) is 0 Å². The van der Waals surface area contributed by atoms with Gasteiger partial charge < -0.3 is 4.90 Å². The van der Waals surface area contributed by atoms with Crippen LogP contribution in [0.2, 0.25) is 0 Å². The van der Waals surface area contributed by atoms with Gasteiger partial charge in [0.1, 0.15) is 0 Å². The summed E-state index contributed by atoms with van der Waals surface area (Å²) < 4.78 is 0. The fraction of sp³-hybridized carbons (Fsp3) is 0.375. The number of piperazine rings is 1. The van der Waals surface area contributed by atoms with Gasteiger partial charge in [-0.25, -0.2) is 0 Å². The SMILES string of the molecule is Cl.Cl.c1cc(-c2cncc(N3CCN4CCC3C4)c2)ccn1. The van der Waals surface area contributed by atoms with Crippen LogP contribution in [0.1, 0.15) is 6.42 Å². The van der Waals surface area contributed by atoms with Crippen molar-refractivity contribution in [3.63, 3.8) is 0 Å². The minimum absolute atomic E-state index is 0. The normalized spacial score (nSPS) is 22.6. The second-order valence-electron chi connectivity index (χ2n) is 5.60. The van der Waals surface area contributed by atoms with E-state index >= 15 is 0 Å². The Morgan fingerprint density at radius 2 is 1.73 bits per heavy atom. The first-order chi connectivity index (χ1) is 9.90. The van der Waals surface area contributed by atoms with Crippen LogP contribution in [0.4, 0.5) is 5.69 Å². The Balaban J connectivity index is 0.000000882. The molecule has 2 fully saturated rings. The molecule has 2 unspecified atom stereocenters. The summed E-state index contributed by atoms with van der Waals surface area (Å²) in [7, 11) is 0. The number of rotatable bonds is 2. The van der Waals surface area contributed by atoms with Crippen molar-refractivity contribution in [3.05, 3.63) is 43.0 Å². The molecule has 4 heterocycles. The Morgan fingerprint density at radius 1 is 0.909 bits per heavy atom. The zero-order valence-electron chi connectivity index (χ0n) is 12.3. The first kappa shape index (κ1) is 17.0. The van der Waals surface area contributed by atoms with Gasteiger partial charge in [-0.1, -0.05) is 0 Å². The molecule has 2 aliphatic heterocycles. The van der Waals surface area contributed by atoms with Crippen LogP contribution >= 0.6 is 24.8 Å². The molecule has 2 aliphatic rings. The number of fused-ring (bicyclic) bond motifs is 2. The maximum Gasteiger partial charge on any atom is 0.0562 e. The molecule has 118 valence electrons. The average Bonchev–Trinajstić information content (AvgIpc) is 2.90. The molecular formula is C16H20Cl2N4. The zero-order valence-corrected chi connectivity index (χ0v) is 13.9. The zero-order chi connectivity index (χ0) is 13.4. The molecule has 2 aromatic rings. The smallest absolute Gasteiger partial charge is 0.0562 e. The second kappa shape index (κ2) is 7.27. The molecule has 2 saturated heterocycles. The molecule has 2 bridgehead atoms.